The summed E-state index contributed by atoms with van der Waals surface area (Å²) in [7, 11) is 1.83. The molecule has 140 valence electrons. The molecule has 2 rings (SSSR count). The maximum atomic E-state index is 12.5. The molecule has 0 aliphatic rings. The molecule has 2 aromatic rings. The quantitative estimate of drug-likeness (QED) is 0.843. The number of anilines is 2. The monoisotopic (exact) mass is 375 g/mol. The Morgan fingerprint density at radius 3 is 2.15 bits per heavy atom. The highest BCUT2D eigenvalue weighted by molar-refractivity contribution is 7.89. The molecular weight excluding hydrogens is 350 g/mol. The van der Waals surface area contributed by atoms with E-state index >= 15 is 0 Å². The molecule has 0 spiro atoms. The molecule has 0 aliphatic heterocycles. The van der Waals surface area contributed by atoms with Gasteiger partial charge in [0.15, 0.2) is 0 Å². The van der Waals surface area contributed by atoms with Crippen LogP contribution >= 0.6 is 0 Å². The lowest BCUT2D eigenvalue weighted by Crippen LogP contribution is -2.33. The van der Waals surface area contributed by atoms with Crippen molar-refractivity contribution in [3.8, 4) is 0 Å². The molecule has 0 aliphatic carbocycles. The summed E-state index contributed by atoms with van der Waals surface area (Å²) >= 11 is 0. The van der Waals surface area contributed by atoms with Crippen LogP contribution < -0.4 is 10.2 Å². The predicted octanol–water partition coefficient (Wildman–Crippen LogP) is 3.03. The summed E-state index contributed by atoms with van der Waals surface area (Å²) in [4.78, 5) is 14.5. The molecule has 0 unspecified atom stereocenters. The van der Waals surface area contributed by atoms with Crippen LogP contribution in [0.5, 0.6) is 0 Å². The minimum Gasteiger partial charge on any atom is -0.378 e. The van der Waals surface area contributed by atoms with Gasteiger partial charge < -0.3 is 10.2 Å². The van der Waals surface area contributed by atoms with Crippen molar-refractivity contribution in [1.82, 2.24) is 4.31 Å². The van der Waals surface area contributed by atoms with Gasteiger partial charge >= 0.3 is 0 Å². The van der Waals surface area contributed by atoms with Gasteiger partial charge in [0.25, 0.3) is 5.91 Å². The van der Waals surface area contributed by atoms with Crippen LogP contribution in [0.4, 0.5) is 11.4 Å². The summed E-state index contributed by atoms with van der Waals surface area (Å²) in [5.41, 5.74) is 2.00. The van der Waals surface area contributed by atoms with E-state index in [0.717, 1.165) is 5.69 Å². The van der Waals surface area contributed by atoms with E-state index < -0.39 is 10.0 Å². The van der Waals surface area contributed by atoms with Crippen molar-refractivity contribution in [3.05, 3.63) is 54.1 Å². The normalized spacial score (nSPS) is 11.7. The number of hydrogen-bond donors (Lipinski definition) is 1. The zero-order valence-corrected chi connectivity index (χ0v) is 16.5. The molecule has 0 saturated carbocycles. The average molecular weight is 375 g/mol. The Hall–Kier alpha value is -2.38. The summed E-state index contributed by atoms with van der Waals surface area (Å²) in [6.45, 7) is 3.63. The first-order valence-corrected chi connectivity index (χ1v) is 9.74. The smallest absolute Gasteiger partial charge is 0.255 e. The van der Waals surface area contributed by atoms with Crippen LogP contribution in [0.2, 0.25) is 0 Å². The third-order valence-corrected chi connectivity index (χ3v) is 6.19. The van der Waals surface area contributed by atoms with Crippen molar-refractivity contribution in [1.29, 1.82) is 0 Å². The minimum absolute atomic E-state index is 0.136. The summed E-state index contributed by atoms with van der Waals surface area (Å²) in [5.74, 6) is -0.247. The van der Waals surface area contributed by atoms with Gasteiger partial charge in [-0.3, -0.25) is 4.79 Å². The first kappa shape index (κ1) is 19.9. The second-order valence-corrected chi connectivity index (χ2v) is 8.54. The van der Waals surface area contributed by atoms with Crippen LogP contribution in [0.25, 0.3) is 0 Å². The molecule has 26 heavy (non-hydrogen) atoms. The molecular formula is C19H25N3O3S. The molecule has 7 heteroatoms. The fraction of sp³-hybridized carbons (Fsp3) is 0.316. The van der Waals surface area contributed by atoms with Crippen molar-refractivity contribution in [2.75, 3.05) is 31.4 Å². The third kappa shape index (κ3) is 4.42. The molecule has 0 saturated heterocycles. The van der Waals surface area contributed by atoms with Crippen molar-refractivity contribution in [3.63, 3.8) is 0 Å². The minimum atomic E-state index is -3.54. The zero-order valence-electron chi connectivity index (χ0n) is 15.7. The lowest BCUT2D eigenvalue weighted by molar-refractivity contribution is 0.102. The van der Waals surface area contributed by atoms with Crippen molar-refractivity contribution >= 4 is 27.3 Å². The lowest BCUT2D eigenvalue weighted by atomic mass is 10.1. The molecule has 0 bridgehead atoms. The van der Waals surface area contributed by atoms with E-state index in [-0.39, 0.29) is 16.8 Å². The van der Waals surface area contributed by atoms with Gasteiger partial charge in [-0.15, -0.1) is 0 Å². The van der Waals surface area contributed by atoms with Gasteiger partial charge in [-0.05, 0) is 56.3 Å². The van der Waals surface area contributed by atoms with Gasteiger partial charge in [-0.25, -0.2) is 8.42 Å². The highest BCUT2D eigenvalue weighted by atomic mass is 32.2. The molecule has 6 nitrogen and oxygen atoms in total. The number of amides is 1. The van der Waals surface area contributed by atoms with Gasteiger partial charge in [-0.2, -0.15) is 4.31 Å². The predicted molar refractivity (Wildman–Crippen MR) is 105 cm³/mol. The Morgan fingerprint density at radius 2 is 1.62 bits per heavy atom. The Kier molecular flexibility index (Phi) is 6.05. The molecule has 0 atom stereocenters. The van der Waals surface area contributed by atoms with Crippen molar-refractivity contribution in [2.45, 2.75) is 24.8 Å². The lowest BCUT2D eigenvalue weighted by Gasteiger charge is -2.21. The van der Waals surface area contributed by atoms with Gasteiger partial charge in [0, 0.05) is 44.1 Å². The number of carbonyl (C=O) groups is 1. The molecule has 2 aromatic carbocycles. The van der Waals surface area contributed by atoms with Gasteiger partial charge in [0.2, 0.25) is 10.0 Å². The third-order valence-electron chi connectivity index (χ3n) is 4.14. The number of carbonyl (C=O) groups excluding carboxylic acids is 1. The second kappa shape index (κ2) is 7.88. The molecule has 1 N–H and O–H groups in total. The first-order valence-electron chi connectivity index (χ1n) is 8.30. The van der Waals surface area contributed by atoms with E-state index in [1.165, 1.54) is 16.4 Å². The Balaban J connectivity index is 2.17. The maximum absolute atomic E-state index is 12.5. The number of rotatable bonds is 6. The summed E-state index contributed by atoms with van der Waals surface area (Å²) in [5, 5.41) is 2.79. The van der Waals surface area contributed by atoms with E-state index in [0.29, 0.717) is 11.3 Å². The van der Waals surface area contributed by atoms with Crippen LogP contribution in [0, 0.1) is 0 Å². The Morgan fingerprint density at radius 1 is 1.00 bits per heavy atom. The standard InChI is InChI=1S/C19H25N3O3S/c1-14(2)22(5)26(24,25)18-11-9-16(10-12-18)20-19(23)15-7-6-8-17(13-15)21(3)4/h6-14H,1-5H3,(H,20,23). The molecule has 0 radical (unpaired) electrons. The largest absolute Gasteiger partial charge is 0.378 e. The number of nitrogens with zero attached hydrogens (tertiary/aromatic N) is 2. The number of nitrogens with one attached hydrogen (secondary N) is 1. The van der Waals surface area contributed by atoms with Crippen LogP contribution in [-0.4, -0.2) is 45.8 Å². The van der Waals surface area contributed by atoms with E-state index in [4.69, 9.17) is 0 Å². The van der Waals surface area contributed by atoms with E-state index in [9.17, 15) is 13.2 Å². The molecule has 0 fully saturated rings. The van der Waals surface area contributed by atoms with E-state index in [2.05, 4.69) is 5.32 Å². The van der Waals surface area contributed by atoms with E-state index in [1.807, 2.05) is 45.0 Å². The maximum Gasteiger partial charge on any atom is 0.255 e. The van der Waals surface area contributed by atoms with Gasteiger partial charge in [0.05, 0.1) is 4.90 Å². The SMILES string of the molecule is CC(C)N(C)S(=O)(=O)c1ccc(NC(=O)c2cccc(N(C)C)c2)cc1. The fourth-order valence-corrected chi connectivity index (χ4v) is 3.65. The van der Waals surface area contributed by atoms with Crippen LogP contribution in [0.1, 0.15) is 24.2 Å². The zero-order chi connectivity index (χ0) is 19.5. The topological polar surface area (TPSA) is 69.7 Å². The van der Waals surface area contributed by atoms with Crippen molar-refractivity contribution in [2.24, 2.45) is 0 Å². The Bertz CT molecular complexity index is 875. The summed E-state index contributed by atoms with van der Waals surface area (Å²) in [6, 6.07) is 13.3. The summed E-state index contributed by atoms with van der Waals surface area (Å²) < 4.78 is 26.2. The molecule has 0 aromatic heterocycles. The number of sulfonamides is 1. The van der Waals surface area contributed by atoms with Crippen molar-refractivity contribution < 1.29 is 13.2 Å². The van der Waals surface area contributed by atoms with Crippen LogP contribution in [0.15, 0.2) is 53.4 Å². The van der Waals surface area contributed by atoms with E-state index in [1.54, 1.807) is 31.3 Å². The highest BCUT2D eigenvalue weighted by Gasteiger charge is 2.22. The molecule has 1 amide bonds. The number of hydrogen-bond acceptors (Lipinski definition) is 4. The molecule has 0 heterocycles. The second-order valence-electron chi connectivity index (χ2n) is 6.54. The average Bonchev–Trinajstić information content (AvgIpc) is 2.61. The van der Waals surface area contributed by atoms with Gasteiger partial charge in [-0.1, -0.05) is 6.07 Å². The highest BCUT2D eigenvalue weighted by Crippen LogP contribution is 2.20. The summed E-state index contributed by atoms with van der Waals surface area (Å²) in [6.07, 6.45) is 0. The van der Waals surface area contributed by atoms with Crippen LogP contribution in [0.3, 0.4) is 0 Å². The first-order chi connectivity index (χ1) is 12.1. The fourth-order valence-electron chi connectivity index (χ4n) is 2.28. The van der Waals surface area contributed by atoms with Crippen LogP contribution in [-0.2, 0) is 10.0 Å². The van der Waals surface area contributed by atoms with Gasteiger partial charge in [0.1, 0.15) is 0 Å². The number of benzene rings is 2. The Labute approximate surface area is 155 Å².